The zero-order valence-electron chi connectivity index (χ0n) is 12.2. The second-order valence-electron chi connectivity index (χ2n) is 5.03. The van der Waals surface area contributed by atoms with Crippen molar-refractivity contribution in [2.45, 2.75) is 17.9 Å². The van der Waals surface area contributed by atoms with Crippen LogP contribution in [-0.2, 0) is 16.1 Å². The number of nitrogens with one attached hydrogen (secondary N) is 1. The summed E-state index contributed by atoms with van der Waals surface area (Å²) in [5.41, 5.74) is 2.01. The topological polar surface area (TPSA) is 55.4 Å². The molecule has 0 aliphatic carbocycles. The SMILES string of the molecule is O=C1CCSc2ccc(C(=O)OCc3ccccc3Br)cc2N1. The molecule has 118 valence electrons. The van der Waals surface area contributed by atoms with Crippen molar-refractivity contribution in [3.8, 4) is 0 Å². The Bertz CT molecular complexity index is 763. The molecule has 0 bridgehead atoms. The fourth-order valence-electron chi connectivity index (χ4n) is 2.19. The average molecular weight is 392 g/mol. The molecule has 2 aromatic rings. The van der Waals surface area contributed by atoms with Crippen LogP contribution in [-0.4, -0.2) is 17.6 Å². The van der Waals surface area contributed by atoms with E-state index in [-0.39, 0.29) is 12.5 Å². The molecule has 1 heterocycles. The van der Waals surface area contributed by atoms with Gasteiger partial charge in [-0.2, -0.15) is 0 Å². The van der Waals surface area contributed by atoms with Crippen LogP contribution >= 0.6 is 27.7 Å². The maximum atomic E-state index is 12.2. The third-order valence-electron chi connectivity index (χ3n) is 3.39. The van der Waals surface area contributed by atoms with E-state index in [0.717, 1.165) is 20.7 Å². The molecule has 0 saturated carbocycles. The number of thioether (sulfide) groups is 1. The van der Waals surface area contributed by atoms with Gasteiger partial charge in [0.2, 0.25) is 5.91 Å². The van der Waals surface area contributed by atoms with E-state index in [1.165, 1.54) is 0 Å². The minimum Gasteiger partial charge on any atom is -0.457 e. The van der Waals surface area contributed by atoms with Gasteiger partial charge < -0.3 is 10.1 Å². The number of rotatable bonds is 3. The highest BCUT2D eigenvalue weighted by Crippen LogP contribution is 2.31. The van der Waals surface area contributed by atoms with Crippen LogP contribution in [0.25, 0.3) is 0 Å². The molecule has 1 aliphatic heterocycles. The number of ether oxygens (including phenoxy) is 1. The molecule has 0 saturated heterocycles. The van der Waals surface area contributed by atoms with E-state index in [2.05, 4.69) is 21.2 Å². The van der Waals surface area contributed by atoms with Gasteiger partial charge >= 0.3 is 5.97 Å². The predicted octanol–water partition coefficient (Wildman–Crippen LogP) is 4.24. The number of esters is 1. The summed E-state index contributed by atoms with van der Waals surface area (Å²) in [6.07, 6.45) is 0.473. The summed E-state index contributed by atoms with van der Waals surface area (Å²) in [4.78, 5) is 24.8. The van der Waals surface area contributed by atoms with Crippen molar-refractivity contribution in [2.24, 2.45) is 0 Å². The molecule has 0 fully saturated rings. The lowest BCUT2D eigenvalue weighted by molar-refractivity contribution is -0.115. The van der Waals surface area contributed by atoms with Crippen LogP contribution in [0.4, 0.5) is 5.69 Å². The first-order valence-electron chi connectivity index (χ1n) is 7.11. The average Bonchev–Trinajstić information content (AvgIpc) is 2.73. The van der Waals surface area contributed by atoms with E-state index >= 15 is 0 Å². The van der Waals surface area contributed by atoms with Crippen molar-refractivity contribution < 1.29 is 14.3 Å². The summed E-state index contributed by atoms with van der Waals surface area (Å²) in [5, 5.41) is 2.83. The monoisotopic (exact) mass is 391 g/mol. The minimum atomic E-state index is -0.410. The van der Waals surface area contributed by atoms with Crippen LogP contribution in [0.2, 0.25) is 0 Å². The van der Waals surface area contributed by atoms with Gasteiger partial charge in [-0.05, 0) is 24.3 Å². The van der Waals surface area contributed by atoms with Gasteiger partial charge in [0.25, 0.3) is 0 Å². The highest BCUT2D eigenvalue weighted by atomic mass is 79.9. The second-order valence-corrected chi connectivity index (χ2v) is 7.02. The summed E-state index contributed by atoms with van der Waals surface area (Å²) in [6, 6.07) is 12.8. The lowest BCUT2D eigenvalue weighted by Crippen LogP contribution is -2.11. The van der Waals surface area contributed by atoms with Crippen molar-refractivity contribution in [1.29, 1.82) is 0 Å². The molecule has 1 amide bonds. The molecular weight excluding hydrogens is 378 g/mol. The Morgan fingerprint density at radius 3 is 2.91 bits per heavy atom. The number of anilines is 1. The summed E-state index contributed by atoms with van der Waals surface area (Å²) >= 11 is 5.03. The molecular formula is C17H14BrNO3S. The quantitative estimate of drug-likeness (QED) is 0.794. The highest BCUT2D eigenvalue weighted by Gasteiger charge is 2.16. The van der Waals surface area contributed by atoms with Crippen molar-refractivity contribution in [3.05, 3.63) is 58.1 Å². The smallest absolute Gasteiger partial charge is 0.338 e. The molecule has 3 rings (SSSR count). The van der Waals surface area contributed by atoms with E-state index in [1.54, 1.807) is 23.9 Å². The van der Waals surface area contributed by atoms with Crippen LogP contribution in [0.15, 0.2) is 51.8 Å². The zero-order chi connectivity index (χ0) is 16.2. The number of carbonyl (C=O) groups excluding carboxylic acids is 2. The summed E-state index contributed by atoms with van der Waals surface area (Å²) in [7, 11) is 0. The van der Waals surface area contributed by atoms with Crippen LogP contribution in [0.1, 0.15) is 22.3 Å². The number of amides is 1. The fourth-order valence-corrected chi connectivity index (χ4v) is 3.53. The normalized spacial score (nSPS) is 13.7. The number of hydrogen-bond acceptors (Lipinski definition) is 4. The molecule has 0 atom stereocenters. The van der Waals surface area contributed by atoms with Gasteiger partial charge in [0.05, 0.1) is 11.3 Å². The van der Waals surface area contributed by atoms with Gasteiger partial charge in [0, 0.05) is 27.1 Å². The van der Waals surface area contributed by atoms with Gasteiger partial charge in [-0.3, -0.25) is 4.79 Å². The van der Waals surface area contributed by atoms with Crippen molar-refractivity contribution in [2.75, 3.05) is 11.1 Å². The number of hydrogen-bond donors (Lipinski definition) is 1. The van der Waals surface area contributed by atoms with Gasteiger partial charge in [0.1, 0.15) is 6.61 Å². The molecule has 4 nitrogen and oxygen atoms in total. The van der Waals surface area contributed by atoms with Crippen molar-refractivity contribution >= 4 is 45.3 Å². The Balaban J connectivity index is 1.73. The largest absolute Gasteiger partial charge is 0.457 e. The molecule has 1 N–H and O–H groups in total. The number of fused-ring (bicyclic) bond motifs is 1. The summed E-state index contributed by atoms with van der Waals surface area (Å²) < 4.78 is 6.26. The lowest BCUT2D eigenvalue weighted by Gasteiger charge is -2.10. The Labute approximate surface area is 146 Å². The zero-order valence-corrected chi connectivity index (χ0v) is 14.6. The first-order valence-corrected chi connectivity index (χ1v) is 8.88. The van der Waals surface area contributed by atoms with Crippen LogP contribution in [0.3, 0.4) is 0 Å². The standard InChI is InChI=1S/C17H14BrNO3S/c18-13-4-2-1-3-12(13)10-22-17(21)11-5-6-15-14(9-11)19-16(20)7-8-23-15/h1-6,9H,7-8,10H2,(H,19,20). The highest BCUT2D eigenvalue weighted by molar-refractivity contribution is 9.10. The first-order chi connectivity index (χ1) is 11.1. The van der Waals surface area contributed by atoms with Crippen LogP contribution in [0.5, 0.6) is 0 Å². The Morgan fingerprint density at radius 2 is 2.09 bits per heavy atom. The van der Waals surface area contributed by atoms with Crippen LogP contribution < -0.4 is 5.32 Å². The predicted molar refractivity (Wildman–Crippen MR) is 93.7 cm³/mol. The molecule has 2 aromatic carbocycles. The number of benzene rings is 2. The number of carbonyl (C=O) groups is 2. The fraction of sp³-hybridized carbons (Fsp3) is 0.176. The van der Waals surface area contributed by atoms with Gasteiger partial charge in [-0.1, -0.05) is 34.1 Å². The maximum Gasteiger partial charge on any atom is 0.338 e. The summed E-state index contributed by atoms with van der Waals surface area (Å²) in [6.45, 7) is 0.193. The van der Waals surface area contributed by atoms with Gasteiger partial charge in [-0.25, -0.2) is 4.79 Å². The lowest BCUT2D eigenvalue weighted by atomic mass is 10.2. The third-order valence-corrected chi connectivity index (χ3v) is 5.24. The maximum absolute atomic E-state index is 12.2. The van der Waals surface area contributed by atoms with Crippen molar-refractivity contribution in [3.63, 3.8) is 0 Å². The van der Waals surface area contributed by atoms with Crippen LogP contribution in [0, 0.1) is 0 Å². The summed E-state index contributed by atoms with van der Waals surface area (Å²) in [5.74, 6) is 0.298. The molecule has 6 heteroatoms. The van der Waals surface area contributed by atoms with E-state index in [9.17, 15) is 9.59 Å². The molecule has 1 aliphatic rings. The Hall–Kier alpha value is -1.79. The molecule has 0 aromatic heterocycles. The second kappa shape index (κ2) is 7.19. The van der Waals surface area contributed by atoms with E-state index in [1.807, 2.05) is 30.3 Å². The third kappa shape index (κ3) is 3.95. The Morgan fingerprint density at radius 1 is 1.26 bits per heavy atom. The van der Waals surface area contributed by atoms with E-state index in [4.69, 9.17) is 4.74 Å². The van der Waals surface area contributed by atoms with E-state index < -0.39 is 5.97 Å². The van der Waals surface area contributed by atoms with Crippen molar-refractivity contribution in [1.82, 2.24) is 0 Å². The number of halogens is 1. The minimum absolute atomic E-state index is 0.0324. The molecule has 0 unspecified atom stereocenters. The Kier molecular flexibility index (Phi) is 5.03. The molecule has 23 heavy (non-hydrogen) atoms. The van der Waals surface area contributed by atoms with Gasteiger partial charge in [0.15, 0.2) is 0 Å². The van der Waals surface area contributed by atoms with E-state index in [0.29, 0.717) is 17.7 Å². The first kappa shape index (κ1) is 16.1. The van der Waals surface area contributed by atoms with Gasteiger partial charge in [-0.15, -0.1) is 11.8 Å². The molecule has 0 radical (unpaired) electrons. The molecule has 0 spiro atoms.